The molecular formula is C17H14N8. The predicted octanol–water partition coefficient (Wildman–Crippen LogP) is 2.79. The lowest BCUT2D eigenvalue weighted by Crippen LogP contribution is -2.04. The second kappa shape index (κ2) is 5.72. The predicted molar refractivity (Wildman–Crippen MR) is 95.2 cm³/mol. The van der Waals surface area contributed by atoms with Crippen molar-refractivity contribution in [3.05, 3.63) is 47.4 Å². The van der Waals surface area contributed by atoms with Crippen molar-refractivity contribution < 1.29 is 0 Å². The Hall–Kier alpha value is -3.73. The van der Waals surface area contributed by atoms with Crippen LogP contribution in [0.5, 0.6) is 0 Å². The molecule has 3 N–H and O–H groups in total. The molecule has 8 nitrogen and oxygen atoms in total. The first-order valence-electron chi connectivity index (χ1n) is 7.67. The molecule has 0 radical (unpaired) electrons. The summed E-state index contributed by atoms with van der Waals surface area (Å²) in [5.74, 6) is 0.995. The van der Waals surface area contributed by atoms with Gasteiger partial charge in [0.25, 0.3) is 0 Å². The van der Waals surface area contributed by atoms with Gasteiger partial charge < -0.3 is 4.98 Å². The minimum Gasteiger partial charge on any atom is -0.336 e. The van der Waals surface area contributed by atoms with Crippen molar-refractivity contribution in [2.75, 3.05) is 5.43 Å². The molecule has 0 aliphatic rings. The minimum absolute atomic E-state index is 0.150. The summed E-state index contributed by atoms with van der Waals surface area (Å²) < 4.78 is 0. The molecule has 0 unspecified atom stereocenters. The Labute approximate surface area is 142 Å². The topological polar surface area (TPSA) is 118 Å². The number of anilines is 1. The van der Waals surface area contributed by atoms with E-state index in [-0.39, 0.29) is 5.71 Å². The maximum Gasteiger partial charge on any atom is 0.203 e. The molecule has 0 saturated heterocycles. The molecule has 4 aromatic rings. The van der Waals surface area contributed by atoms with Crippen molar-refractivity contribution in [2.24, 2.45) is 5.10 Å². The number of hydrazone groups is 1. The highest BCUT2D eigenvalue weighted by molar-refractivity contribution is 6.10. The summed E-state index contributed by atoms with van der Waals surface area (Å²) in [4.78, 5) is 11.9. The lowest BCUT2D eigenvalue weighted by molar-refractivity contribution is 1.07. The third-order valence-electron chi connectivity index (χ3n) is 3.85. The molecule has 0 atom stereocenters. The van der Waals surface area contributed by atoms with E-state index in [9.17, 15) is 5.26 Å². The van der Waals surface area contributed by atoms with Crippen molar-refractivity contribution >= 4 is 33.6 Å². The number of imidazole rings is 1. The third kappa shape index (κ3) is 2.57. The van der Waals surface area contributed by atoms with Crippen LogP contribution in [0.2, 0.25) is 0 Å². The number of aromatic amines is 2. The molecule has 8 heteroatoms. The van der Waals surface area contributed by atoms with E-state index in [2.05, 4.69) is 41.7 Å². The minimum atomic E-state index is 0.150. The molecule has 1 aromatic carbocycles. The van der Waals surface area contributed by atoms with Crippen molar-refractivity contribution in [1.82, 2.24) is 25.1 Å². The Morgan fingerprint density at radius 2 is 2.08 bits per heavy atom. The zero-order valence-electron chi connectivity index (χ0n) is 13.6. The summed E-state index contributed by atoms with van der Waals surface area (Å²) >= 11 is 0. The monoisotopic (exact) mass is 330 g/mol. The fraction of sp³-hybridized carbons (Fsp3) is 0.118. The molecule has 0 fully saturated rings. The number of H-pyrrole nitrogens is 2. The molecular weight excluding hydrogens is 316 g/mol. The van der Waals surface area contributed by atoms with E-state index in [1.807, 2.05) is 44.2 Å². The number of aryl methyl sites for hydroxylation is 2. The number of hydrogen-bond donors (Lipinski definition) is 3. The van der Waals surface area contributed by atoms with E-state index >= 15 is 0 Å². The van der Waals surface area contributed by atoms with Crippen LogP contribution in [0.25, 0.3) is 22.1 Å². The molecule has 122 valence electrons. The van der Waals surface area contributed by atoms with Crippen LogP contribution in [0.1, 0.15) is 17.1 Å². The quantitative estimate of drug-likeness (QED) is 0.394. The molecule has 0 aliphatic heterocycles. The normalized spacial score (nSPS) is 11.8. The van der Waals surface area contributed by atoms with E-state index in [1.54, 1.807) is 0 Å². The van der Waals surface area contributed by atoms with Gasteiger partial charge in [-0.2, -0.15) is 15.5 Å². The average Bonchev–Trinajstić information content (AvgIpc) is 3.19. The van der Waals surface area contributed by atoms with Gasteiger partial charge in [-0.3, -0.25) is 10.5 Å². The van der Waals surface area contributed by atoms with Crippen LogP contribution in [-0.2, 0) is 0 Å². The highest BCUT2D eigenvalue weighted by Gasteiger charge is 2.12. The van der Waals surface area contributed by atoms with Crippen LogP contribution in [0.4, 0.5) is 5.82 Å². The highest BCUT2D eigenvalue weighted by atomic mass is 15.4. The van der Waals surface area contributed by atoms with Crippen molar-refractivity contribution in [3.8, 4) is 6.07 Å². The zero-order valence-corrected chi connectivity index (χ0v) is 13.6. The van der Waals surface area contributed by atoms with Crippen LogP contribution in [-0.4, -0.2) is 30.9 Å². The second-order valence-electron chi connectivity index (χ2n) is 5.66. The lowest BCUT2D eigenvalue weighted by Gasteiger charge is -2.01. The number of nitrogens with zero attached hydrogens (tertiary/aromatic N) is 5. The van der Waals surface area contributed by atoms with Crippen LogP contribution in [0.15, 0.2) is 35.4 Å². The van der Waals surface area contributed by atoms with E-state index < -0.39 is 0 Å². The molecule has 0 spiro atoms. The number of nitrogens with one attached hydrogen (secondary N) is 3. The standard InChI is InChI=1S/C17H14N8/c1-9-7-10(2)19-16-14(9)17(25-23-16)24-22-13(8-18)15-20-11-5-3-4-6-12(11)21-15/h3-7H,1-2H3,(H,20,21)(H2,19,23,24,25)/b22-13+. The molecule has 25 heavy (non-hydrogen) atoms. The SMILES string of the molecule is Cc1cc(C)c2c(N/N=C(\C#N)c3nc4ccccc4[nH]3)[nH]nc2n1. The van der Waals surface area contributed by atoms with Crippen LogP contribution >= 0.6 is 0 Å². The maximum atomic E-state index is 9.42. The summed E-state index contributed by atoms with van der Waals surface area (Å²) in [7, 11) is 0. The van der Waals surface area contributed by atoms with Gasteiger partial charge in [-0.15, -0.1) is 0 Å². The Morgan fingerprint density at radius 3 is 2.88 bits per heavy atom. The van der Waals surface area contributed by atoms with Gasteiger partial charge in [-0.1, -0.05) is 12.1 Å². The summed E-state index contributed by atoms with van der Waals surface area (Å²) in [5.41, 5.74) is 7.18. The molecule has 0 bridgehead atoms. The number of hydrogen-bond acceptors (Lipinski definition) is 6. The Bertz CT molecular complexity index is 1130. The number of pyridine rings is 1. The van der Waals surface area contributed by atoms with Crippen LogP contribution in [0.3, 0.4) is 0 Å². The largest absolute Gasteiger partial charge is 0.336 e. The Morgan fingerprint density at radius 1 is 1.24 bits per heavy atom. The molecule has 0 amide bonds. The van der Waals surface area contributed by atoms with Gasteiger partial charge in [0, 0.05) is 5.69 Å². The van der Waals surface area contributed by atoms with Gasteiger partial charge in [0.2, 0.25) is 5.71 Å². The van der Waals surface area contributed by atoms with E-state index in [4.69, 9.17) is 0 Å². The summed E-state index contributed by atoms with van der Waals surface area (Å²) in [5, 5.41) is 21.5. The zero-order chi connectivity index (χ0) is 17.4. The van der Waals surface area contributed by atoms with E-state index in [0.717, 1.165) is 27.7 Å². The van der Waals surface area contributed by atoms with Gasteiger partial charge in [-0.05, 0) is 37.6 Å². The molecule has 0 aliphatic carbocycles. The number of benzene rings is 1. The second-order valence-corrected chi connectivity index (χ2v) is 5.66. The summed E-state index contributed by atoms with van der Waals surface area (Å²) in [6.07, 6.45) is 0. The van der Waals surface area contributed by atoms with Gasteiger partial charge in [0.05, 0.1) is 16.4 Å². The number of rotatable bonds is 3. The molecule has 4 rings (SSSR count). The van der Waals surface area contributed by atoms with Crippen molar-refractivity contribution in [2.45, 2.75) is 13.8 Å². The number of nitriles is 1. The van der Waals surface area contributed by atoms with Gasteiger partial charge in [0.1, 0.15) is 6.07 Å². The number of fused-ring (bicyclic) bond motifs is 2. The summed E-state index contributed by atoms with van der Waals surface area (Å²) in [6, 6.07) is 11.6. The first-order chi connectivity index (χ1) is 12.2. The van der Waals surface area contributed by atoms with Gasteiger partial charge in [-0.25, -0.2) is 9.97 Å². The molecule has 3 heterocycles. The lowest BCUT2D eigenvalue weighted by atomic mass is 10.2. The molecule has 0 saturated carbocycles. The van der Waals surface area contributed by atoms with Gasteiger partial charge >= 0.3 is 0 Å². The first kappa shape index (κ1) is 14.8. The number of para-hydroxylation sites is 2. The van der Waals surface area contributed by atoms with Crippen LogP contribution in [0, 0.1) is 25.2 Å². The fourth-order valence-electron chi connectivity index (χ4n) is 2.76. The van der Waals surface area contributed by atoms with E-state index in [0.29, 0.717) is 17.3 Å². The Balaban J connectivity index is 1.71. The average molecular weight is 330 g/mol. The van der Waals surface area contributed by atoms with Crippen molar-refractivity contribution in [1.29, 1.82) is 5.26 Å². The van der Waals surface area contributed by atoms with Gasteiger partial charge in [0.15, 0.2) is 17.3 Å². The smallest absolute Gasteiger partial charge is 0.203 e. The van der Waals surface area contributed by atoms with Crippen LogP contribution < -0.4 is 5.43 Å². The first-order valence-corrected chi connectivity index (χ1v) is 7.67. The number of aromatic nitrogens is 5. The highest BCUT2D eigenvalue weighted by Crippen LogP contribution is 2.23. The maximum absolute atomic E-state index is 9.42. The fourth-order valence-corrected chi connectivity index (χ4v) is 2.76. The van der Waals surface area contributed by atoms with Crippen molar-refractivity contribution in [3.63, 3.8) is 0 Å². The third-order valence-corrected chi connectivity index (χ3v) is 3.85. The van der Waals surface area contributed by atoms with E-state index in [1.165, 1.54) is 0 Å². The Kier molecular flexibility index (Phi) is 3.40. The summed E-state index contributed by atoms with van der Waals surface area (Å²) in [6.45, 7) is 3.90. The molecule has 3 aromatic heterocycles.